The molecule has 6 nitrogen and oxygen atoms in total. The van der Waals surface area contributed by atoms with Crippen molar-refractivity contribution in [1.82, 2.24) is 9.55 Å². The normalized spacial score (nSPS) is 17.0. The molecule has 2 saturated carbocycles. The highest BCUT2D eigenvalue weighted by atomic mass is 32.2. The predicted octanol–water partition coefficient (Wildman–Crippen LogP) is 5.14. The zero-order valence-electron chi connectivity index (χ0n) is 16.6. The van der Waals surface area contributed by atoms with Gasteiger partial charge in [-0.15, -0.1) is 0 Å². The molecule has 0 spiro atoms. The molecule has 3 aromatic rings. The highest BCUT2D eigenvalue weighted by Gasteiger charge is 2.35. The molecule has 0 amide bonds. The number of rotatable bonds is 6. The Morgan fingerprint density at radius 3 is 2.42 bits per heavy atom. The largest absolute Gasteiger partial charge is 0.321 e. The third-order valence-electron chi connectivity index (χ3n) is 6.05. The van der Waals surface area contributed by atoms with Crippen molar-refractivity contribution in [3.8, 4) is 17.3 Å². The molecule has 5 rings (SSSR count). The van der Waals surface area contributed by atoms with E-state index in [0.29, 0.717) is 40.8 Å². The number of aromatic nitrogens is 2. The van der Waals surface area contributed by atoms with Gasteiger partial charge in [0.25, 0.3) is 6.43 Å². The van der Waals surface area contributed by atoms with Crippen molar-refractivity contribution < 1.29 is 17.2 Å². The average Bonchev–Trinajstić information content (AvgIpc) is 3.52. The molecular weight excluding hydrogens is 422 g/mol. The highest BCUT2D eigenvalue weighted by molar-refractivity contribution is 7.93. The van der Waals surface area contributed by atoms with Crippen molar-refractivity contribution in [3.05, 3.63) is 47.7 Å². The molecule has 0 aliphatic heterocycles. The smallest absolute Gasteiger partial charge is 0.265 e. The fraction of sp³-hybridized carbons (Fsp3) is 0.364. The van der Waals surface area contributed by atoms with E-state index in [1.54, 1.807) is 24.3 Å². The van der Waals surface area contributed by atoms with Gasteiger partial charge in [-0.05, 0) is 55.9 Å². The monoisotopic (exact) mass is 442 g/mol. The van der Waals surface area contributed by atoms with E-state index in [1.165, 1.54) is 12.3 Å². The van der Waals surface area contributed by atoms with E-state index in [1.807, 2.05) is 4.57 Å². The summed E-state index contributed by atoms with van der Waals surface area (Å²) in [5.41, 5.74) is 2.43. The lowest BCUT2D eigenvalue weighted by atomic mass is 9.92. The number of sulfonamides is 1. The summed E-state index contributed by atoms with van der Waals surface area (Å²) in [6.07, 6.45) is 2.77. The first-order valence-corrected chi connectivity index (χ1v) is 11.8. The lowest BCUT2D eigenvalue weighted by molar-refractivity contribution is 0.151. The van der Waals surface area contributed by atoms with Crippen molar-refractivity contribution in [1.29, 1.82) is 5.26 Å². The number of halogens is 2. The summed E-state index contributed by atoms with van der Waals surface area (Å²) < 4.78 is 55.5. The fourth-order valence-corrected chi connectivity index (χ4v) is 5.43. The second-order valence-corrected chi connectivity index (χ2v) is 10.1. The van der Waals surface area contributed by atoms with Crippen molar-refractivity contribution in [2.75, 3.05) is 4.72 Å². The van der Waals surface area contributed by atoms with Crippen LogP contribution in [0, 0.1) is 11.3 Å². The van der Waals surface area contributed by atoms with Crippen LogP contribution in [0.1, 0.15) is 55.7 Å². The molecular formula is C22H20F2N4O2S. The highest BCUT2D eigenvalue weighted by Crippen LogP contribution is 2.42. The number of benzene rings is 1. The van der Waals surface area contributed by atoms with Crippen LogP contribution in [-0.4, -0.2) is 23.2 Å². The summed E-state index contributed by atoms with van der Waals surface area (Å²) in [6, 6.07) is 10.5. The van der Waals surface area contributed by atoms with E-state index in [0.717, 1.165) is 24.8 Å². The number of nitriles is 1. The van der Waals surface area contributed by atoms with Crippen LogP contribution >= 0.6 is 0 Å². The Bertz CT molecular complexity index is 1300. The molecule has 31 heavy (non-hydrogen) atoms. The Kier molecular flexibility index (Phi) is 4.70. The SMILES string of the molecule is N#Cc1c(-c2ccc(NS(=O)(=O)C3CC3)cc2)n(C2CCC2)c2ncc(C(F)F)cc12. The number of pyridine rings is 1. The topological polar surface area (TPSA) is 87.8 Å². The molecule has 2 aliphatic carbocycles. The molecule has 0 saturated heterocycles. The van der Waals surface area contributed by atoms with Gasteiger partial charge in [0.15, 0.2) is 0 Å². The van der Waals surface area contributed by atoms with Crippen LogP contribution < -0.4 is 4.72 Å². The van der Waals surface area contributed by atoms with Crippen LogP contribution in [0.15, 0.2) is 36.5 Å². The molecule has 9 heteroatoms. The van der Waals surface area contributed by atoms with Gasteiger partial charge in [0, 0.05) is 28.9 Å². The quantitative estimate of drug-likeness (QED) is 0.572. The molecule has 2 heterocycles. The molecule has 2 aromatic heterocycles. The lowest BCUT2D eigenvalue weighted by Crippen LogP contribution is -2.18. The van der Waals surface area contributed by atoms with Gasteiger partial charge in [-0.1, -0.05) is 12.1 Å². The first-order valence-electron chi connectivity index (χ1n) is 10.2. The summed E-state index contributed by atoms with van der Waals surface area (Å²) in [6.45, 7) is 0. The van der Waals surface area contributed by atoms with Gasteiger partial charge in [-0.3, -0.25) is 4.72 Å². The molecule has 2 fully saturated rings. The van der Waals surface area contributed by atoms with E-state index in [-0.39, 0.29) is 16.9 Å². The van der Waals surface area contributed by atoms with Gasteiger partial charge < -0.3 is 4.57 Å². The fourth-order valence-electron chi connectivity index (χ4n) is 4.04. The standard InChI is InChI=1S/C22H20F2N4O2S/c23-21(24)14-10-18-19(11-25)20(28(16-2-1-3-16)22(18)26-12-14)13-4-6-15(7-5-13)27-31(29,30)17-8-9-17/h4-7,10,12,16-17,21,27H,1-3,8-9H2. The summed E-state index contributed by atoms with van der Waals surface area (Å²) >= 11 is 0. The molecule has 0 bridgehead atoms. The Morgan fingerprint density at radius 2 is 1.87 bits per heavy atom. The number of alkyl halides is 2. The number of fused-ring (bicyclic) bond motifs is 1. The number of anilines is 1. The summed E-state index contributed by atoms with van der Waals surface area (Å²) in [5.74, 6) is 0. The van der Waals surface area contributed by atoms with Crippen molar-refractivity contribution in [2.45, 2.75) is 49.8 Å². The molecule has 160 valence electrons. The van der Waals surface area contributed by atoms with Crippen LogP contribution in [0.5, 0.6) is 0 Å². The number of nitrogens with zero attached hydrogens (tertiary/aromatic N) is 3. The van der Waals surface area contributed by atoms with Gasteiger partial charge in [0.2, 0.25) is 10.0 Å². The van der Waals surface area contributed by atoms with Crippen LogP contribution in [-0.2, 0) is 10.0 Å². The van der Waals surface area contributed by atoms with Gasteiger partial charge in [-0.25, -0.2) is 22.2 Å². The average molecular weight is 442 g/mol. The minimum Gasteiger partial charge on any atom is -0.321 e. The second kappa shape index (κ2) is 7.31. The van der Waals surface area contributed by atoms with Crippen LogP contribution in [0.4, 0.5) is 14.5 Å². The summed E-state index contributed by atoms with van der Waals surface area (Å²) in [4.78, 5) is 4.29. The zero-order chi connectivity index (χ0) is 21.8. The maximum absolute atomic E-state index is 13.3. The minimum absolute atomic E-state index is 0.151. The molecule has 2 aliphatic rings. The second-order valence-electron chi connectivity index (χ2n) is 8.15. The first kappa shape index (κ1) is 19.9. The molecule has 0 unspecified atom stereocenters. The third kappa shape index (κ3) is 3.45. The van der Waals surface area contributed by atoms with Gasteiger partial charge >= 0.3 is 0 Å². The van der Waals surface area contributed by atoms with Crippen molar-refractivity contribution >= 4 is 26.7 Å². The van der Waals surface area contributed by atoms with Crippen molar-refractivity contribution in [2.24, 2.45) is 0 Å². The number of hydrogen-bond donors (Lipinski definition) is 1. The lowest BCUT2D eigenvalue weighted by Gasteiger charge is -2.29. The zero-order valence-corrected chi connectivity index (χ0v) is 17.4. The first-order chi connectivity index (χ1) is 14.9. The molecule has 0 radical (unpaired) electrons. The molecule has 0 atom stereocenters. The Labute approximate surface area is 178 Å². The van der Waals surface area contributed by atoms with Crippen molar-refractivity contribution in [3.63, 3.8) is 0 Å². The van der Waals surface area contributed by atoms with E-state index < -0.39 is 16.4 Å². The van der Waals surface area contributed by atoms with E-state index in [9.17, 15) is 22.5 Å². The Morgan fingerprint density at radius 1 is 1.16 bits per heavy atom. The minimum atomic E-state index is -3.37. The van der Waals surface area contributed by atoms with Crippen LogP contribution in [0.2, 0.25) is 0 Å². The van der Waals surface area contributed by atoms with Crippen LogP contribution in [0.3, 0.4) is 0 Å². The molecule has 1 aromatic carbocycles. The van der Waals surface area contributed by atoms with Gasteiger partial charge in [0.05, 0.1) is 16.5 Å². The van der Waals surface area contributed by atoms with Gasteiger partial charge in [-0.2, -0.15) is 5.26 Å². The van der Waals surface area contributed by atoms with E-state index in [4.69, 9.17) is 0 Å². The van der Waals surface area contributed by atoms with E-state index >= 15 is 0 Å². The van der Waals surface area contributed by atoms with E-state index in [2.05, 4.69) is 15.8 Å². The number of nitrogens with one attached hydrogen (secondary N) is 1. The van der Waals surface area contributed by atoms with Gasteiger partial charge in [0.1, 0.15) is 11.7 Å². The van der Waals surface area contributed by atoms with Crippen LogP contribution in [0.25, 0.3) is 22.3 Å². The maximum Gasteiger partial charge on any atom is 0.265 e. The Hall–Kier alpha value is -2.99. The predicted molar refractivity (Wildman–Crippen MR) is 113 cm³/mol. The number of hydrogen-bond acceptors (Lipinski definition) is 4. The summed E-state index contributed by atoms with van der Waals surface area (Å²) in [5, 5.41) is 9.99. The molecule has 1 N–H and O–H groups in total. The third-order valence-corrected chi connectivity index (χ3v) is 7.92. The maximum atomic E-state index is 13.3. The summed E-state index contributed by atoms with van der Waals surface area (Å²) in [7, 11) is -3.37. The Balaban J connectivity index is 1.62.